The zero-order valence-electron chi connectivity index (χ0n) is 3.98. The summed E-state index contributed by atoms with van der Waals surface area (Å²) in [5, 5.41) is 8.20. The van der Waals surface area contributed by atoms with E-state index in [1.165, 1.54) is 18.7 Å². The topological polar surface area (TPSA) is 55.1 Å². The summed E-state index contributed by atoms with van der Waals surface area (Å²) in [7, 11) is 0. The van der Waals surface area contributed by atoms with Crippen molar-refractivity contribution in [3.8, 4) is 0 Å². The molecule has 0 aliphatic heterocycles. The molecule has 46 valence electrons. The van der Waals surface area contributed by atoms with Crippen molar-refractivity contribution in [2.24, 2.45) is 0 Å². The molecule has 5 heteroatoms. The molecule has 0 unspecified atom stereocenters. The van der Waals surface area contributed by atoms with Crippen LogP contribution in [0.3, 0.4) is 0 Å². The molecule has 0 fully saturated rings. The standard InChI is InChI=1S/C4H4N2O2.Sr.2H/c7-4(8)6-2-1-5-3-6;;;/h1-3H,(H,7,8);;;. The Labute approximate surface area is 88.8 Å². The van der Waals surface area contributed by atoms with E-state index in [4.69, 9.17) is 5.11 Å². The van der Waals surface area contributed by atoms with Gasteiger partial charge in [0.1, 0.15) is 6.33 Å². The first kappa shape index (κ1) is 9.16. The Balaban J connectivity index is 0.000000640. The zero-order chi connectivity index (χ0) is 5.98. The molecule has 1 rings (SSSR count). The van der Waals surface area contributed by atoms with Crippen LogP contribution < -0.4 is 0 Å². The van der Waals surface area contributed by atoms with E-state index in [1.54, 1.807) is 0 Å². The second-order valence-corrected chi connectivity index (χ2v) is 1.25. The van der Waals surface area contributed by atoms with E-state index in [9.17, 15) is 4.79 Å². The Hall–Kier alpha value is 0.161. The molecular weight excluding hydrogens is 196 g/mol. The minimum absolute atomic E-state index is 0. The maximum absolute atomic E-state index is 9.98. The fourth-order valence-corrected chi connectivity index (χ4v) is 0.372. The maximum atomic E-state index is 9.98. The normalized spacial score (nSPS) is 8.00. The molecule has 0 aliphatic carbocycles. The molecule has 9 heavy (non-hydrogen) atoms. The van der Waals surface area contributed by atoms with Gasteiger partial charge in [-0.3, -0.25) is 0 Å². The Morgan fingerprint density at radius 1 is 1.67 bits per heavy atom. The molecule has 0 atom stereocenters. The molecule has 0 saturated carbocycles. The molecular formula is C4H6N2O2Sr. The van der Waals surface area contributed by atoms with Crippen LogP contribution in [0.2, 0.25) is 0 Å². The quantitative estimate of drug-likeness (QED) is 0.576. The number of carboxylic acid groups (broad SMARTS) is 1. The predicted molar refractivity (Wildman–Crippen MR) is 34.2 cm³/mol. The molecule has 0 radical (unpaired) electrons. The number of hydrogen-bond acceptors (Lipinski definition) is 2. The number of imidazole rings is 1. The summed E-state index contributed by atoms with van der Waals surface area (Å²) in [6.07, 6.45) is 2.99. The third-order valence-corrected chi connectivity index (χ3v) is 0.725. The van der Waals surface area contributed by atoms with Crippen molar-refractivity contribution in [1.29, 1.82) is 0 Å². The van der Waals surface area contributed by atoms with Crippen molar-refractivity contribution in [3.63, 3.8) is 0 Å². The monoisotopic (exact) mass is 202 g/mol. The average molecular weight is 202 g/mol. The van der Waals surface area contributed by atoms with E-state index in [-0.39, 0.29) is 45.5 Å². The molecule has 0 bridgehead atoms. The molecule has 0 aromatic carbocycles. The molecule has 1 aromatic rings. The zero-order valence-corrected chi connectivity index (χ0v) is 3.98. The summed E-state index contributed by atoms with van der Waals surface area (Å²) in [4.78, 5) is 13.5. The first-order valence-corrected chi connectivity index (χ1v) is 2.02. The number of rotatable bonds is 0. The first-order chi connectivity index (χ1) is 3.80. The van der Waals surface area contributed by atoms with Crippen LogP contribution in [0.25, 0.3) is 0 Å². The van der Waals surface area contributed by atoms with E-state index in [1.807, 2.05) is 0 Å². The SMILES string of the molecule is O=C(O)n1ccnc1.[SrH2]. The van der Waals surface area contributed by atoms with Crippen molar-refractivity contribution in [2.45, 2.75) is 0 Å². The van der Waals surface area contributed by atoms with Gasteiger partial charge in [-0.25, -0.2) is 14.3 Å². The first-order valence-electron chi connectivity index (χ1n) is 2.02. The van der Waals surface area contributed by atoms with E-state index in [0.717, 1.165) is 4.57 Å². The number of carbonyl (C=O) groups is 1. The van der Waals surface area contributed by atoms with Crippen LogP contribution >= 0.6 is 0 Å². The van der Waals surface area contributed by atoms with E-state index in [2.05, 4.69) is 4.98 Å². The van der Waals surface area contributed by atoms with Gasteiger partial charge >= 0.3 is 51.6 Å². The second kappa shape index (κ2) is 4.05. The predicted octanol–water partition coefficient (Wildman–Crippen LogP) is -0.507. The van der Waals surface area contributed by atoms with Gasteiger partial charge in [-0.1, -0.05) is 0 Å². The summed E-state index contributed by atoms with van der Waals surface area (Å²) >= 11 is 0. The molecule has 0 spiro atoms. The Morgan fingerprint density at radius 2 is 2.33 bits per heavy atom. The fourth-order valence-electron chi connectivity index (χ4n) is 0.372. The van der Waals surface area contributed by atoms with Crippen molar-refractivity contribution < 1.29 is 9.90 Å². The van der Waals surface area contributed by atoms with Gasteiger partial charge in [0.25, 0.3) is 0 Å². The van der Waals surface area contributed by atoms with Crippen molar-refractivity contribution >= 4 is 51.6 Å². The fraction of sp³-hybridized carbons (Fsp3) is 0. The van der Waals surface area contributed by atoms with Gasteiger partial charge in [-0.2, -0.15) is 0 Å². The third-order valence-electron chi connectivity index (χ3n) is 0.725. The van der Waals surface area contributed by atoms with E-state index >= 15 is 0 Å². The van der Waals surface area contributed by atoms with Crippen LogP contribution in [0, 0.1) is 0 Å². The van der Waals surface area contributed by atoms with Crippen molar-refractivity contribution in [2.75, 3.05) is 0 Å². The van der Waals surface area contributed by atoms with Crippen LogP contribution in [0.1, 0.15) is 0 Å². The molecule has 1 N–H and O–H groups in total. The Kier molecular flexibility index (Phi) is 4.13. The molecule has 1 aromatic heterocycles. The van der Waals surface area contributed by atoms with E-state index < -0.39 is 6.09 Å². The molecule has 4 nitrogen and oxygen atoms in total. The van der Waals surface area contributed by atoms with Gasteiger partial charge in [0.2, 0.25) is 0 Å². The van der Waals surface area contributed by atoms with Crippen LogP contribution in [-0.2, 0) is 0 Å². The average Bonchev–Trinajstić information content (AvgIpc) is 2.12. The number of hydrogen-bond donors (Lipinski definition) is 1. The van der Waals surface area contributed by atoms with Crippen molar-refractivity contribution in [3.05, 3.63) is 18.7 Å². The van der Waals surface area contributed by atoms with Crippen molar-refractivity contribution in [1.82, 2.24) is 9.55 Å². The molecule has 1 heterocycles. The van der Waals surface area contributed by atoms with Crippen LogP contribution in [0.15, 0.2) is 18.7 Å². The van der Waals surface area contributed by atoms with E-state index in [0.29, 0.717) is 0 Å². The summed E-state index contributed by atoms with van der Waals surface area (Å²) in [5.41, 5.74) is 0. The van der Waals surface area contributed by atoms with Crippen LogP contribution in [-0.4, -0.2) is 66.2 Å². The van der Waals surface area contributed by atoms with Gasteiger partial charge in [0, 0.05) is 12.4 Å². The van der Waals surface area contributed by atoms with Gasteiger partial charge in [0.05, 0.1) is 0 Å². The minimum atomic E-state index is -1.01. The number of aromatic nitrogens is 2. The molecule has 0 aliphatic rings. The molecule has 0 saturated heterocycles. The van der Waals surface area contributed by atoms with Crippen LogP contribution in [0.5, 0.6) is 0 Å². The number of nitrogens with zero attached hydrogens (tertiary/aromatic N) is 2. The third kappa shape index (κ3) is 2.49. The van der Waals surface area contributed by atoms with Gasteiger partial charge in [-0.05, 0) is 0 Å². The Bertz CT molecular complexity index is 184. The van der Waals surface area contributed by atoms with Gasteiger partial charge in [0.15, 0.2) is 0 Å². The molecule has 0 amide bonds. The summed E-state index contributed by atoms with van der Waals surface area (Å²) < 4.78 is 0.972. The van der Waals surface area contributed by atoms with Crippen LogP contribution in [0.4, 0.5) is 4.79 Å². The summed E-state index contributed by atoms with van der Waals surface area (Å²) in [6, 6.07) is 0. The summed E-state index contributed by atoms with van der Waals surface area (Å²) in [6.45, 7) is 0. The second-order valence-electron chi connectivity index (χ2n) is 1.25. The Morgan fingerprint density at radius 3 is 2.56 bits per heavy atom. The summed E-state index contributed by atoms with van der Waals surface area (Å²) in [5.74, 6) is 0. The van der Waals surface area contributed by atoms with Gasteiger partial charge < -0.3 is 5.11 Å². The van der Waals surface area contributed by atoms with Gasteiger partial charge in [-0.15, -0.1) is 0 Å².